The van der Waals surface area contributed by atoms with Gasteiger partial charge in [0.15, 0.2) is 0 Å². The van der Waals surface area contributed by atoms with Crippen molar-refractivity contribution in [2.24, 2.45) is 0 Å². The molecule has 7 nitrogen and oxygen atoms in total. The Morgan fingerprint density at radius 1 is 1.14 bits per heavy atom. The van der Waals surface area contributed by atoms with Gasteiger partial charge in [0.25, 0.3) is 0 Å². The van der Waals surface area contributed by atoms with Crippen molar-refractivity contribution in [3.05, 3.63) is 53.6 Å². The summed E-state index contributed by atoms with van der Waals surface area (Å²) in [7, 11) is -5.45. The lowest BCUT2D eigenvalue weighted by molar-refractivity contribution is 0.414. The van der Waals surface area contributed by atoms with Crippen LogP contribution in [0.2, 0.25) is 0 Å². The molecule has 1 fully saturated rings. The quantitative estimate of drug-likeness (QED) is 0.717. The molecule has 0 saturated carbocycles. The van der Waals surface area contributed by atoms with Crippen molar-refractivity contribution in [2.75, 3.05) is 30.3 Å². The van der Waals surface area contributed by atoms with Crippen molar-refractivity contribution in [1.29, 1.82) is 0 Å². The second-order valence-corrected chi connectivity index (χ2v) is 10.8. The van der Waals surface area contributed by atoms with Crippen molar-refractivity contribution in [1.82, 2.24) is 4.72 Å². The molecule has 0 bridgehead atoms. The van der Waals surface area contributed by atoms with Crippen molar-refractivity contribution in [2.45, 2.75) is 31.1 Å². The molecule has 1 aliphatic rings. The number of rotatable bonds is 7. The number of nitrogens with zero attached hydrogens (tertiary/aromatic N) is 1. The standard InChI is InChI=1S/C20H26N2O5S2/c1-16-14-18(22-12-3-4-13-28(22,23)24)8-9-20(16)29(25,26)21-11-10-17-6-5-7-19(15-17)27-2/h5-9,14-15,21H,3-4,10-13H2,1-2H3. The summed E-state index contributed by atoms with van der Waals surface area (Å²) in [4.78, 5) is 0.154. The second kappa shape index (κ2) is 8.73. The van der Waals surface area contributed by atoms with Gasteiger partial charge in [-0.25, -0.2) is 21.6 Å². The zero-order valence-corrected chi connectivity index (χ0v) is 18.2. The molecule has 0 amide bonds. The molecule has 2 aromatic rings. The fourth-order valence-electron chi connectivity index (χ4n) is 3.40. The molecule has 0 atom stereocenters. The largest absolute Gasteiger partial charge is 0.497 e. The molecule has 158 valence electrons. The molecule has 1 saturated heterocycles. The second-order valence-electron chi connectivity index (χ2n) is 7.04. The van der Waals surface area contributed by atoms with Crippen LogP contribution in [0.3, 0.4) is 0 Å². The monoisotopic (exact) mass is 438 g/mol. The van der Waals surface area contributed by atoms with Crippen LogP contribution in [0.25, 0.3) is 0 Å². The van der Waals surface area contributed by atoms with Gasteiger partial charge in [-0.05, 0) is 67.6 Å². The average molecular weight is 439 g/mol. The SMILES string of the molecule is COc1cccc(CCNS(=O)(=O)c2ccc(N3CCCCS3(=O)=O)cc2C)c1. The predicted octanol–water partition coefficient (Wildman–Crippen LogP) is 2.45. The number of hydrogen-bond acceptors (Lipinski definition) is 5. The molecule has 0 radical (unpaired) electrons. The lowest BCUT2D eigenvalue weighted by Crippen LogP contribution is -2.38. The number of sulfonamides is 2. The van der Waals surface area contributed by atoms with E-state index >= 15 is 0 Å². The maximum absolute atomic E-state index is 12.7. The molecule has 29 heavy (non-hydrogen) atoms. The first-order valence-electron chi connectivity index (χ1n) is 9.46. The van der Waals surface area contributed by atoms with Gasteiger partial charge in [0.2, 0.25) is 20.0 Å². The highest BCUT2D eigenvalue weighted by Gasteiger charge is 2.27. The third kappa shape index (κ3) is 5.09. The number of methoxy groups -OCH3 is 1. The summed E-state index contributed by atoms with van der Waals surface area (Å²) in [5.41, 5.74) is 1.99. The molecule has 0 unspecified atom stereocenters. The van der Waals surface area contributed by atoms with Gasteiger partial charge in [-0.1, -0.05) is 12.1 Å². The topological polar surface area (TPSA) is 92.8 Å². The van der Waals surface area contributed by atoms with Gasteiger partial charge in [0, 0.05) is 13.1 Å². The number of anilines is 1. The van der Waals surface area contributed by atoms with E-state index in [2.05, 4.69) is 4.72 Å². The zero-order valence-electron chi connectivity index (χ0n) is 16.6. The van der Waals surface area contributed by atoms with Gasteiger partial charge in [-0.2, -0.15) is 0 Å². The Balaban J connectivity index is 1.71. The van der Waals surface area contributed by atoms with Crippen LogP contribution in [0, 0.1) is 6.92 Å². The fourth-order valence-corrected chi connectivity index (χ4v) is 6.29. The van der Waals surface area contributed by atoms with Crippen LogP contribution in [0.5, 0.6) is 5.75 Å². The fraction of sp³-hybridized carbons (Fsp3) is 0.400. The Morgan fingerprint density at radius 2 is 1.93 bits per heavy atom. The number of aryl methyl sites for hydroxylation is 1. The number of benzene rings is 2. The lowest BCUT2D eigenvalue weighted by Gasteiger charge is -2.28. The van der Waals surface area contributed by atoms with E-state index < -0.39 is 20.0 Å². The average Bonchev–Trinajstić information content (AvgIpc) is 2.67. The van der Waals surface area contributed by atoms with Crippen molar-refractivity contribution < 1.29 is 21.6 Å². The Kier molecular flexibility index (Phi) is 6.50. The summed E-state index contributed by atoms with van der Waals surface area (Å²) in [6.45, 7) is 2.35. The Labute approximate surface area is 172 Å². The minimum atomic E-state index is -3.70. The van der Waals surface area contributed by atoms with E-state index in [1.54, 1.807) is 26.2 Å². The first-order chi connectivity index (χ1) is 13.7. The van der Waals surface area contributed by atoms with E-state index in [4.69, 9.17) is 4.74 Å². The lowest BCUT2D eigenvalue weighted by atomic mass is 10.1. The molecule has 1 heterocycles. The molecule has 1 aliphatic heterocycles. The van der Waals surface area contributed by atoms with Gasteiger partial charge in [0.1, 0.15) is 5.75 Å². The van der Waals surface area contributed by atoms with Gasteiger partial charge in [-0.15, -0.1) is 0 Å². The maximum Gasteiger partial charge on any atom is 0.240 e. The summed E-state index contributed by atoms with van der Waals surface area (Å²) in [6.07, 6.45) is 1.98. The molecule has 0 spiro atoms. The normalized spacial score (nSPS) is 16.6. The molecule has 0 aliphatic carbocycles. The number of ether oxygens (including phenoxy) is 1. The third-order valence-corrected chi connectivity index (χ3v) is 8.42. The highest BCUT2D eigenvalue weighted by Crippen LogP contribution is 2.27. The minimum absolute atomic E-state index is 0.123. The van der Waals surface area contributed by atoms with Gasteiger partial charge in [-0.3, -0.25) is 4.31 Å². The van der Waals surface area contributed by atoms with Crippen molar-refractivity contribution >= 4 is 25.7 Å². The van der Waals surface area contributed by atoms with Crippen LogP contribution in [0.1, 0.15) is 24.0 Å². The Morgan fingerprint density at radius 3 is 2.62 bits per heavy atom. The first kappa shape index (κ1) is 21.6. The number of hydrogen-bond donors (Lipinski definition) is 1. The highest BCUT2D eigenvalue weighted by atomic mass is 32.2. The molecular formula is C20H26N2O5S2. The van der Waals surface area contributed by atoms with Crippen molar-refractivity contribution in [3.63, 3.8) is 0 Å². The molecule has 1 N–H and O–H groups in total. The Hall–Kier alpha value is -2.10. The third-order valence-electron chi connectivity index (χ3n) is 4.93. The van der Waals surface area contributed by atoms with Gasteiger partial charge >= 0.3 is 0 Å². The summed E-state index contributed by atoms with van der Waals surface area (Å²) in [5, 5.41) is 0. The smallest absolute Gasteiger partial charge is 0.240 e. The molecule has 9 heteroatoms. The van der Waals surface area contributed by atoms with E-state index in [9.17, 15) is 16.8 Å². The van der Waals surface area contributed by atoms with Crippen LogP contribution in [-0.2, 0) is 26.5 Å². The van der Waals surface area contributed by atoms with E-state index in [0.29, 0.717) is 30.6 Å². The van der Waals surface area contributed by atoms with Crippen LogP contribution >= 0.6 is 0 Å². The van der Waals surface area contributed by atoms with E-state index in [0.717, 1.165) is 17.7 Å². The zero-order chi connectivity index (χ0) is 21.1. The van der Waals surface area contributed by atoms with Crippen LogP contribution < -0.4 is 13.8 Å². The van der Waals surface area contributed by atoms with E-state index in [1.165, 1.54) is 10.4 Å². The number of nitrogens with one attached hydrogen (secondary N) is 1. The molecule has 3 rings (SSSR count). The van der Waals surface area contributed by atoms with Gasteiger partial charge < -0.3 is 4.74 Å². The Bertz CT molecular complexity index is 1080. The maximum atomic E-state index is 12.7. The first-order valence-corrected chi connectivity index (χ1v) is 12.6. The summed E-state index contributed by atoms with van der Waals surface area (Å²) in [5.74, 6) is 0.849. The molecular weight excluding hydrogens is 412 g/mol. The van der Waals surface area contributed by atoms with E-state index in [1.807, 2.05) is 24.3 Å². The van der Waals surface area contributed by atoms with Gasteiger partial charge in [0.05, 0.1) is 23.4 Å². The van der Waals surface area contributed by atoms with Crippen LogP contribution in [0.4, 0.5) is 5.69 Å². The van der Waals surface area contributed by atoms with E-state index in [-0.39, 0.29) is 17.2 Å². The minimum Gasteiger partial charge on any atom is -0.497 e. The summed E-state index contributed by atoms with van der Waals surface area (Å²) in [6, 6.07) is 12.1. The highest BCUT2D eigenvalue weighted by molar-refractivity contribution is 7.92. The summed E-state index contributed by atoms with van der Waals surface area (Å²) >= 11 is 0. The molecule has 0 aromatic heterocycles. The summed E-state index contributed by atoms with van der Waals surface area (Å²) < 4.78 is 59.2. The van der Waals surface area contributed by atoms with Crippen LogP contribution in [0.15, 0.2) is 47.4 Å². The molecule has 2 aromatic carbocycles. The predicted molar refractivity (Wildman–Crippen MR) is 113 cm³/mol. The van der Waals surface area contributed by atoms with Crippen molar-refractivity contribution in [3.8, 4) is 5.75 Å². The van der Waals surface area contributed by atoms with Crippen LogP contribution in [-0.4, -0.2) is 42.8 Å².